The lowest BCUT2D eigenvalue weighted by molar-refractivity contribution is -0.140. The molecule has 0 saturated carbocycles. The maximum Gasteiger partial charge on any atom is 0.323 e. The van der Waals surface area contributed by atoms with Gasteiger partial charge in [0.2, 0.25) is 0 Å². The summed E-state index contributed by atoms with van der Waals surface area (Å²) < 4.78 is 26.0. The second-order valence-corrected chi connectivity index (χ2v) is 3.57. The molecule has 1 amide bonds. The Balaban J connectivity index is 3.04. The number of rotatable bonds is 5. The molecule has 8 heteroatoms. The zero-order chi connectivity index (χ0) is 14.6. The molecular formula is C11H9F2NO5. The van der Waals surface area contributed by atoms with Gasteiger partial charge in [-0.1, -0.05) is 0 Å². The van der Waals surface area contributed by atoms with E-state index in [0.29, 0.717) is 11.0 Å². The zero-order valence-electron chi connectivity index (χ0n) is 9.47. The van der Waals surface area contributed by atoms with E-state index < -0.39 is 48.1 Å². The molecule has 0 atom stereocenters. The van der Waals surface area contributed by atoms with E-state index in [-0.39, 0.29) is 0 Å². The molecule has 0 saturated heterocycles. The Morgan fingerprint density at radius 1 is 1.05 bits per heavy atom. The van der Waals surface area contributed by atoms with Crippen LogP contribution in [0.4, 0.5) is 8.78 Å². The average molecular weight is 273 g/mol. The number of hydrogen-bond donors (Lipinski definition) is 2. The second kappa shape index (κ2) is 5.89. The normalized spacial score (nSPS) is 10.0. The summed E-state index contributed by atoms with van der Waals surface area (Å²) in [4.78, 5) is 33.3. The first kappa shape index (κ1) is 14.6. The van der Waals surface area contributed by atoms with Crippen molar-refractivity contribution in [3.63, 3.8) is 0 Å². The van der Waals surface area contributed by atoms with Crippen molar-refractivity contribution < 1.29 is 33.4 Å². The van der Waals surface area contributed by atoms with E-state index in [0.717, 1.165) is 12.1 Å². The maximum absolute atomic E-state index is 13.4. The van der Waals surface area contributed by atoms with Gasteiger partial charge in [0.05, 0.1) is 5.56 Å². The summed E-state index contributed by atoms with van der Waals surface area (Å²) in [6, 6.07) is 2.09. The van der Waals surface area contributed by atoms with Crippen LogP contribution in [0.5, 0.6) is 0 Å². The molecule has 0 aliphatic rings. The van der Waals surface area contributed by atoms with Crippen molar-refractivity contribution in [3.8, 4) is 0 Å². The highest BCUT2D eigenvalue weighted by atomic mass is 19.1. The lowest BCUT2D eigenvalue weighted by atomic mass is 10.1. The number of amides is 1. The summed E-state index contributed by atoms with van der Waals surface area (Å²) in [6.45, 7) is -1.80. The number of carboxylic acids is 2. The highest BCUT2D eigenvalue weighted by molar-refractivity contribution is 5.97. The van der Waals surface area contributed by atoms with Gasteiger partial charge in [-0.05, 0) is 12.1 Å². The predicted molar refractivity (Wildman–Crippen MR) is 57.5 cm³/mol. The average Bonchev–Trinajstić information content (AvgIpc) is 2.26. The van der Waals surface area contributed by atoms with Crippen molar-refractivity contribution in [1.29, 1.82) is 0 Å². The molecule has 0 fully saturated rings. The quantitative estimate of drug-likeness (QED) is 0.818. The van der Waals surface area contributed by atoms with E-state index in [2.05, 4.69) is 0 Å². The Bertz CT molecular complexity index is 516. The smallest absolute Gasteiger partial charge is 0.323 e. The van der Waals surface area contributed by atoms with Gasteiger partial charge in [0.15, 0.2) is 0 Å². The van der Waals surface area contributed by atoms with Crippen LogP contribution in [0.2, 0.25) is 0 Å². The van der Waals surface area contributed by atoms with E-state index in [9.17, 15) is 23.2 Å². The minimum absolute atomic E-state index is 0.432. The fraction of sp³-hybridized carbons (Fsp3) is 0.182. The van der Waals surface area contributed by atoms with Crippen molar-refractivity contribution in [3.05, 3.63) is 35.4 Å². The number of carboxylic acid groups (broad SMARTS) is 2. The molecule has 0 heterocycles. The summed E-state index contributed by atoms with van der Waals surface area (Å²) in [7, 11) is 0. The van der Waals surface area contributed by atoms with Crippen molar-refractivity contribution >= 4 is 17.8 Å². The first-order valence-electron chi connectivity index (χ1n) is 4.99. The molecule has 0 bridgehead atoms. The van der Waals surface area contributed by atoms with Crippen molar-refractivity contribution in [2.75, 3.05) is 13.1 Å². The minimum atomic E-state index is -1.45. The summed E-state index contributed by atoms with van der Waals surface area (Å²) in [5.74, 6) is -6.13. The maximum atomic E-state index is 13.4. The highest BCUT2D eigenvalue weighted by Gasteiger charge is 2.23. The fourth-order valence-corrected chi connectivity index (χ4v) is 1.36. The van der Waals surface area contributed by atoms with Gasteiger partial charge in [-0.15, -0.1) is 0 Å². The largest absolute Gasteiger partial charge is 0.480 e. The Kier molecular flexibility index (Phi) is 4.51. The molecule has 0 spiro atoms. The van der Waals surface area contributed by atoms with Crippen LogP contribution >= 0.6 is 0 Å². The molecule has 102 valence electrons. The van der Waals surface area contributed by atoms with Gasteiger partial charge in [-0.3, -0.25) is 14.4 Å². The lowest BCUT2D eigenvalue weighted by Gasteiger charge is -2.18. The fourth-order valence-electron chi connectivity index (χ4n) is 1.36. The summed E-state index contributed by atoms with van der Waals surface area (Å²) in [5.41, 5.74) is -0.594. The molecule has 1 aromatic rings. The third-order valence-electron chi connectivity index (χ3n) is 2.10. The van der Waals surface area contributed by atoms with Gasteiger partial charge in [-0.25, -0.2) is 8.78 Å². The van der Waals surface area contributed by atoms with Crippen LogP contribution in [-0.4, -0.2) is 46.0 Å². The Hall–Kier alpha value is -2.51. The van der Waals surface area contributed by atoms with E-state index in [1.165, 1.54) is 0 Å². The van der Waals surface area contributed by atoms with Gasteiger partial charge in [0.1, 0.15) is 24.7 Å². The first-order valence-corrected chi connectivity index (χ1v) is 4.99. The molecule has 19 heavy (non-hydrogen) atoms. The van der Waals surface area contributed by atoms with Gasteiger partial charge >= 0.3 is 11.9 Å². The van der Waals surface area contributed by atoms with Gasteiger partial charge < -0.3 is 15.1 Å². The number of benzene rings is 1. The zero-order valence-corrected chi connectivity index (χ0v) is 9.47. The third-order valence-corrected chi connectivity index (χ3v) is 2.10. The molecule has 0 radical (unpaired) electrons. The van der Waals surface area contributed by atoms with Crippen LogP contribution < -0.4 is 0 Å². The number of halogens is 2. The van der Waals surface area contributed by atoms with E-state index in [1.54, 1.807) is 0 Å². The first-order chi connectivity index (χ1) is 8.81. The Morgan fingerprint density at radius 2 is 1.58 bits per heavy atom. The van der Waals surface area contributed by atoms with Crippen LogP contribution in [0.1, 0.15) is 10.4 Å². The molecular weight excluding hydrogens is 264 g/mol. The highest BCUT2D eigenvalue weighted by Crippen LogP contribution is 2.12. The third kappa shape index (κ3) is 4.02. The van der Waals surface area contributed by atoms with Crippen LogP contribution in [0.25, 0.3) is 0 Å². The number of aliphatic carboxylic acids is 2. The summed E-state index contributed by atoms with van der Waals surface area (Å²) in [5, 5.41) is 17.1. The van der Waals surface area contributed by atoms with Crippen molar-refractivity contribution in [1.82, 2.24) is 4.90 Å². The van der Waals surface area contributed by atoms with Gasteiger partial charge in [0.25, 0.3) is 5.91 Å². The monoisotopic (exact) mass is 273 g/mol. The summed E-state index contributed by atoms with van der Waals surface area (Å²) in [6.07, 6.45) is 0. The topological polar surface area (TPSA) is 94.9 Å². The van der Waals surface area contributed by atoms with Crippen LogP contribution in [0.15, 0.2) is 18.2 Å². The van der Waals surface area contributed by atoms with Crippen molar-refractivity contribution in [2.24, 2.45) is 0 Å². The van der Waals surface area contributed by atoms with Gasteiger partial charge in [-0.2, -0.15) is 0 Å². The predicted octanol–water partition coefficient (Wildman–Crippen LogP) is 0.576. The SMILES string of the molecule is O=C(O)CN(CC(=O)O)C(=O)c1ccc(F)cc1F. The van der Waals surface area contributed by atoms with E-state index in [1.807, 2.05) is 0 Å². The molecule has 0 aliphatic heterocycles. The molecule has 0 unspecified atom stereocenters. The summed E-state index contributed by atoms with van der Waals surface area (Å²) >= 11 is 0. The number of carbonyl (C=O) groups is 3. The molecule has 1 rings (SSSR count). The van der Waals surface area contributed by atoms with Gasteiger partial charge in [0, 0.05) is 6.07 Å². The number of hydrogen-bond acceptors (Lipinski definition) is 3. The van der Waals surface area contributed by atoms with Crippen LogP contribution in [0, 0.1) is 11.6 Å². The standard InChI is InChI=1S/C11H9F2NO5/c12-6-1-2-7(8(13)3-6)11(19)14(4-9(15)16)5-10(17)18/h1-3H,4-5H2,(H,15,16)(H,17,18). The minimum Gasteiger partial charge on any atom is -0.480 e. The molecule has 1 aromatic carbocycles. The lowest BCUT2D eigenvalue weighted by Crippen LogP contribution is -2.39. The second-order valence-electron chi connectivity index (χ2n) is 3.57. The molecule has 6 nitrogen and oxygen atoms in total. The number of nitrogens with zero attached hydrogens (tertiary/aromatic N) is 1. The Morgan fingerprint density at radius 3 is 2.00 bits per heavy atom. The Labute approximate surface area is 105 Å². The van der Waals surface area contributed by atoms with E-state index in [4.69, 9.17) is 10.2 Å². The van der Waals surface area contributed by atoms with Crippen molar-refractivity contribution in [2.45, 2.75) is 0 Å². The molecule has 2 N–H and O–H groups in total. The number of carbonyl (C=O) groups excluding carboxylic acids is 1. The molecule has 0 aliphatic carbocycles. The van der Waals surface area contributed by atoms with Crippen LogP contribution in [0.3, 0.4) is 0 Å². The van der Waals surface area contributed by atoms with E-state index >= 15 is 0 Å². The molecule has 0 aromatic heterocycles. The van der Waals surface area contributed by atoms with Crippen LogP contribution in [-0.2, 0) is 9.59 Å².